The Kier molecular flexibility index (Phi) is 5.12. The quantitative estimate of drug-likeness (QED) is 0.603. The summed E-state index contributed by atoms with van der Waals surface area (Å²) in [6.07, 6.45) is 3.01. The van der Waals surface area contributed by atoms with E-state index in [-0.39, 0.29) is 18.4 Å². The zero-order valence-electron chi connectivity index (χ0n) is 10.9. The Hall–Kier alpha value is -0.900. The molecule has 0 spiro atoms. The van der Waals surface area contributed by atoms with Crippen molar-refractivity contribution < 1.29 is 14.3 Å². The molecule has 3 unspecified atom stereocenters. The molecule has 0 aliphatic heterocycles. The summed E-state index contributed by atoms with van der Waals surface area (Å²) < 4.78 is 4.76. The number of ether oxygens (including phenoxy) is 1. The summed E-state index contributed by atoms with van der Waals surface area (Å²) in [6.45, 7) is 6.14. The van der Waals surface area contributed by atoms with Gasteiger partial charge in [0.05, 0.1) is 12.5 Å². The van der Waals surface area contributed by atoms with Crippen LogP contribution in [0.15, 0.2) is 0 Å². The van der Waals surface area contributed by atoms with E-state index in [2.05, 4.69) is 20.8 Å². The van der Waals surface area contributed by atoms with Crippen LogP contribution in [-0.2, 0) is 14.3 Å². The highest BCUT2D eigenvalue weighted by Gasteiger charge is 2.37. The summed E-state index contributed by atoms with van der Waals surface area (Å²) in [6, 6.07) is 0. The molecule has 4 heteroatoms. The number of hydrogen-bond donors (Lipinski definition) is 1. The Morgan fingerprint density at radius 2 is 2.00 bits per heavy atom. The van der Waals surface area contributed by atoms with E-state index >= 15 is 0 Å². The maximum Gasteiger partial charge on any atom is 0.327 e. The second kappa shape index (κ2) is 6.15. The minimum atomic E-state index is -0.629. The normalized spacial score (nSPS) is 29.1. The monoisotopic (exact) mass is 241 g/mol. The Morgan fingerprint density at radius 1 is 1.35 bits per heavy atom. The fourth-order valence-corrected chi connectivity index (χ4v) is 2.70. The molecule has 1 aliphatic carbocycles. The lowest BCUT2D eigenvalue weighted by molar-refractivity contribution is -0.164. The van der Waals surface area contributed by atoms with E-state index in [0.717, 1.165) is 19.3 Å². The smallest absolute Gasteiger partial charge is 0.327 e. The first-order chi connectivity index (χ1) is 7.95. The van der Waals surface area contributed by atoms with Crippen LogP contribution in [0.25, 0.3) is 0 Å². The fourth-order valence-electron chi connectivity index (χ4n) is 2.70. The molecule has 0 aromatic heterocycles. The first kappa shape index (κ1) is 14.2. The van der Waals surface area contributed by atoms with Crippen molar-refractivity contribution in [2.75, 3.05) is 6.54 Å². The molecule has 4 nitrogen and oxygen atoms in total. The third kappa shape index (κ3) is 3.80. The minimum Gasteiger partial charge on any atom is -0.392 e. The average molecular weight is 241 g/mol. The van der Waals surface area contributed by atoms with Crippen LogP contribution < -0.4 is 5.73 Å². The number of rotatable bonds is 3. The van der Waals surface area contributed by atoms with Crippen LogP contribution in [0.1, 0.15) is 40.0 Å². The van der Waals surface area contributed by atoms with Gasteiger partial charge in [-0.1, -0.05) is 27.2 Å². The van der Waals surface area contributed by atoms with Gasteiger partial charge in [0.1, 0.15) is 0 Å². The van der Waals surface area contributed by atoms with Gasteiger partial charge in [-0.25, -0.2) is 0 Å². The maximum absolute atomic E-state index is 11.9. The summed E-state index contributed by atoms with van der Waals surface area (Å²) in [5, 5.41) is 0. The third-order valence-corrected chi connectivity index (χ3v) is 3.71. The topological polar surface area (TPSA) is 69.4 Å². The standard InChI is InChI=1S/C13H23NO3/c1-8(2)10-5-4-9(3)6-11(10)13(16)17-12(15)7-14/h8-11H,4-7,14H2,1-3H3. The van der Waals surface area contributed by atoms with Gasteiger partial charge in [-0.2, -0.15) is 0 Å². The molecule has 17 heavy (non-hydrogen) atoms. The number of carbonyl (C=O) groups excluding carboxylic acids is 2. The van der Waals surface area contributed by atoms with E-state index in [1.54, 1.807) is 0 Å². The molecule has 3 atom stereocenters. The van der Waals surface area contributed by atoms with Crippen molar-refractivity contribution in [1.82, 2.24) is 0 Å². The molecule has 0 aromatic rings. The van der Waals surface area contributed by atoms with Crippen LogP contribution in [0.3, 0.4) is 0 Å². The maximum atomic E-state index is 11.9. The van der Waals surface area contributed by atoms with Gasteiger partial charge in [0.2, 0.25) is 0 Å². The molecule has 1 rings (SSSR count). The molecule has 98 valence electrons. The molecule has 0 heterocycles. The van der Waals surface area contributed by atoms with Crippen LogP contribution in [0.5, 0.6) is 0 Å². The number of esters is 2. The SMILES string of the molecule is CC1CCC(C(C)C)C(C(=O)OC(=O)CN)C1. The van der Waals surface area contributed by atoms with Crippen molar-refractivity contribution in [1.29, 1.82) is 0 Å². The summed E-state index contributed by atoms with van der Waals surface area (Å²) in [5.74, 6) is 0.128. The van der Waals surface area contributed by atoms with Gasteiger partial charge >= 0.3 is 11.9 Å². The van der Waals surface area contributed by atoms with Crippen molar-refractivity contribution in [3.63, 3.8) is 0 Å². The number of carbonyl (C=O) groups is 2. The second-order valence-electron chi connectivity index (χ2n) is 5.43. The van der Waals surface area contributed by atoms with Crippen molar-refractivity contribution in [2.45, 2.75) is 40.0 Å². The molecule has 0 radical (unpaired) electrons. The number of nitrogens with two attached hydrogens (primary N) is 1. The largest absolute Gasteiger partial charge is 0.392 e. The Labute approximate surface area is 103 Å². The molecule has 0 aromatic carbocycles. The highest BCUT2D eigenvalue weighted by Crippen LogP contribution is 2.38. The van der Waals surface area contributed by atoms with E-state index in [4.69, 9.17) is 10.5 Å². The summed E-state index contributed by atoms with van der Waals surface area (Å²) >= 11 is 0. The van der Waals surface area contributed by atoms with Crippen LogP contribution in [0, 0.1) is 23.7 Å². The van der Waals surface area contributed by atoms with Crippen molar-refractivity contribution in [3.8, 4) is 0 Å². The lowest BCUT2D eigenvalue weighted by Gasteiger charge is -2.35. The Bertz CT molecular complexity index is 288. The van der Waals surface area contributed by atoms with E-state index in [1.165, 1.54) is 0 Å². The van der Waals surface area contributed by atoms with E-state index in [0.29, 0.717) is 17.8 Å². The van der Waals surface area contributed by atoms with E-state index in [1.807, 2.05) is 0 Å². The van der Waals surface area contributed by atoms with Crippen molar-refractivity contribution in [3.05, 3.63) is 0 Å². The lowest BCUT2D eigenvalue weighted by atomic mass is 9.70. The second-order valence-corrected chi connectivity index (χ2v) is 5.43. The van der Waals surface area contributed by atoms with Crippen LogP contribution in [0.4, 0.5) is 0 Å². The average Bonchev–Trinajstić information content (AvgIpc) is 2.28. The first-order valence-electron chi connectivity index (χ1n) is 6.40. The predicted molar refractivity (Wildman–Crippen MR) is 65.0 cm³/mol. The van der Waals surface area contributed by atoms with Gasteiger partial charge in [0.15, 0.2) is 0 Å². The molecule has 0 saturated heterocycles. The van der Waals surface area contributed by atoms with Gasteiger partial charge in [-0.3, -0.25) is 9.59 Å². The van der Waals surface area contributed by atoms with Gasteiger partial charge in [0, 0.05) is 0 Å². The Morgan fingerprint density at radius 3 is 2.53 bits per heavy atom. The molecule has 0 amide bonds. The van der Waals surface area contributed by atoms with Crippen LogP contribution >= 0.6 is 0 Å². The molecular weight excluding hydrogens is 218 g/mol. The molecular formula is C13H23NO3. The van der Waals surface area contributed by atoms with E-state index in [9.17, 15) is 9.59 Å². The molecule has 2 N–H and O–H groups in total. The zero-order valence-corrected chi connectivity index (χ0v) is 10.9. The summed E-state index contributed by atoms with van der Waals surface area (Å²) in [5.41, 5.74) is 5.14. The van der Waals surface area contributed by atoms with Crippen molar-refractivity contribution >= 4 is 11.9 Å². The molecule has 1 fully saturated rings. The predicted octanol–water partition coefficient (Wildman–Crippen LogP) is 1.72. The first-order valence-corrected chi connectivity index (χ1v) is 6.40. The third-order valence-electron chi connectivity index (χ3n) is 3.71. The van der Waals surface area contributed by atoms with Gasteiger partial charge in [-0.05, 0) is 30.6 Å². The Balaban J connectivity index is 2.68. The summed E-state index contributed by atoms with van der Waals surface area (Å²) in [7, 11) is 0. The van der Waals surface area contributed by atoms with Crippen molar-refractivity contribution in [2.24, 2.45) is 29.4 Å². The van der Waals surface area contributed by atoms with Crippen LogP contribution in [0.2, 0.25) is 0 Å². The fraction of sp³-hybridized carbons (Fsp3) is 0.846. The minimum absolute atomic E-state index is 0.144. The van der Waals surface area contributed by atoms with Gasteiger partial charge < -0.3 is 10.5 Å². The van der Waals surface area contributed by atoms with Crippen LogP contribution in [-0.4, -0.2) is 18.5 Å². The van der Waals surface area contributed by atoms with Gasteiger partial charge in [0.25, 0.3) is 0 Å². The molecule has 0 bridgehead atoms. The zero-order chi connectivity index (χ0) is 13.0. The van der Waals surface area contributed by atoms with Gasteiger partial charge in [-0.15, -0.1) is 0 Å². The number of hydrogen-bond acceptors (Lipinski definition) is 4. The molecule has 1 aliphatic rings. The highest BCUT2D eigenvalue weighted by atomic mass is 16.6. The summed E-state index contributed by atoms with van der Waals surface area (Å²) in [4.78, 5) is 23.0. The molecule has 1 saturated carbocycles. The lowest BCUT2D eigenvalue weighted by Crippen LogP contribution is -2.36. The highest BCUT2D eigenvalue weighted by molar-refractivity contribution is 5.87. The van der Waals surface area contributed by atoms with E-state index < -0.39 is 5.97 Å².